The van der Waals surface area contributed by atoms with Crippen molar-refractivity contribution in [2.45, 2.75) is 25.2 Å². The Morgan fingerprint density at radius 3 is 2.32 bits per heavy atom. The largest absolute Gasteiger partial charge is 0.492 e. The van der Waals surface area contributed by atoms with Gasteiger partial charge in [0.15, 0.2) is 0 Å². The molecule has 0 heterocycles. The molecule has 0 saturated heterocycles. The summed E-state index contributed by atoms with van der Waals surface area (Å²) in [7, 11) is -3.40. The highest BCUT2D eigenvalue weighted by Crippen LogP contribution is 2.19. The molecule has 5 nitrogen and oxygen atoms in total. The van der Waals surface area contributed by atoms with Gasteiger partial charge in [-0.1, -0.05) is 13.8 Å². The average Bonchev–Trinajstić information content (AvgIpc) is 2.42. The summed E-state index contributed by atoms with van der Waals surface area (Å²) in [5.41, 5.74) is 5.34. The lowest BCUT2D eigenvalue weighted by molar-refractivity contribution is 0.328. The lowest BCUT2D eigenvalue weighted by Crippen LogP contribution is -2.31. The van der Waals surface area contributed by atoms with Crippen LogP contribution in [0.25, 0.3) is 0 Å². The third kappa shape index (κ3) is 4.19. The van der Waals surface area contributed by atoms with E-state index >= 15 is 0 Å². The van der Waals surface area contributed by atoms with Crippen LogP contribution in [0.5, 0.6) is 5.75 Å². The third-order valence-corrected chi connectivity index (χ3v) is 4.66. The maximum absolute atomic E-state index is 12.3. The summed E-state index contributed by atoms with van der Waals surface area (Å²) >= 11 is 0. The molecule has 0 fully saturated rings. The minimum Gasteiger partial charge on any atom is -0.492 e. The van der Waals surface area contributed by atoms with Gasteiger partial charge >= 0.3 is 0 Å². The van der Waals surface area contributed by atoms with Gasteiger partial charge < -0.3 is 10.5 Å². The molecule has 0 spiro atoms. The molecule has 0 unspecified atom stereocenters. The molecular formula is C13H22N2O3S. The smallest absolute Gasteiger partial charge is 0.243 e. The van der Waals surface area contributed by atoms with E-state index in [1.54, 1.807) is 24.3 Å². The van der Waals surface area contributed by atoms with Crippen molar-refractivity contribution in [2.24, 2.45) is 5.73 Å². The Hall–Kier alpha value is -1.11. The van der Waals surface area contributed by atoms with Crippen molar-refractivity contribution in [3.05, 3.63) is 24.3 Å². The maximum Gasteiger partial charge on any atom is 0.243 e. The topological polar surface area (TPSA) is 72.6 Å². The second-order valence-electron chi connectivity index (χ2n) is 4.11. The molecule has 0 aliphatic heterocycles. The first kappa shape index (κ1) is 15.9. The minimum atomic E-state index is -3.40. The van der Waals surface area contributed by atoms with Crippen molar-refractivity contribution in [3.63, 3.8) is 0 Å². The summed E-state index contributed by atoms with van der Waals surface area (Å²) in [5, 5.41) is 0. The molecule has 0 bridgehead atoms. The van der Waals surface area contributed by atoms with Gasteiger partial charge in [0.2, 0.25) is 10.0 Å². The van der Waals surface area contributed by atoms with Crippen molar-refractivity contribution in [3.8, 4) is 5.75 Å². The SMILES string of the molecule is CCCN(CC)S(=O)(=O)c1ccc(OCCN)cc1. The van der Waals surface area contributed by atoms with E-state index in [9.17, 15) is 8.42 Å². The minimum absolute atomic E-state index is 0.294. The molecule has 1 rings (SSSR count). The lowest BCUT2D eigenvalue weighted by Gasteiger charge is -2.19. The molecule has 1 aromatic rings. The van der Waals surface area contributed by atoms with Crippen LogP contribution in [0.2, 0.25) is 0 Å². The summed E-state index contributed by atoms with van der Waals surface area (Å²) in [5.74, 6) is 0.628. The highest BCUT2D eigenvalue weighted by Gasteiger charge is 2.21. The van der Waals surface area contributed by atoms with E-state index < -0.39 is 10.0 Å². The molecule has 19 heavy (non-hydrogen) atoms. The van der Waals surface area contributed by atoms with Gasteiger partial charge in [0.05, 0.1) is 4.90 Å². The van der Waals surface area contributed by atoms with Gasteiger partial charge in [-0.25, -0.2) is 8.42 Å². The van der Waals surface area contributed by atoms with Crippen molar-refractivity contribution >= 4 is 10.0 Å². The van der Waals surface area contributed by atoms with Crippen molar-refractivity contribution < 1.29 is 13.2 Å². The van der Waals surface area contributed by atoms with Gasteiger partial charge in [0.1, 0.15) is 12.4 Å². The van der Waals surface area contributed by atoms with Crippen LogP contribution in [-0.4, -0.2) is 39.0 Å². The summed E-state index contributed by atoms with van der Waals surface area (Å²) in [6, 6.07) is 6.45. The molecule has 0 aromatic heterocycles. The number of nitrogens with zero attached hydrogens (tertiary/aromatic N) is 1. The Morgan fingerprint density at radius 1 is 1.21 bits per heavy atom. The van der Waals surface area contributed by atoms with E-state index in [4.69, 9.17) is 10.5 Å². The standard InChI is InChI=1S/C13H22N2O3S/c1-3-10-15(4-2)19(16,17)13-7-5-12(6-8-13)18-11-9-14/h5-8H,3-4,9-11,14H2,1-2H3. The highest BCUT2D eigenvalue weighted by atomic mass is 32.2. The number of benzene rings is 1. The quantitative estimate of drug-likeness (QED) is 0.785. The zero-order valence-electron chi connectivity index (χ0n) is 11.5. The van der Waals surface area contributed by atoms with Gasteiger partial charge in [-0.3, -0.25) is 0 Å². The number of sulfonamides is 1. The Kier molecular flexibility index (Phi) is 6.27. The molecule has 0 atom stereocenters. The van der Waals surface area contributed by atoms with Crippen LogP contribution in [0.15, 0.2) is 29.2 Å². The number of nitrogens with two attached hydrogens (primary N) is 1. The maximum atomic E-state index is 12.3. The summed E-state index contributed by atoms with van der Waals surface area (Å²) in [6.45, 7) is 5.66. The second kappa shape index (κ2) is 7.47. The first-order valence-corrected chi connectivity index (χ1v) is 7.93. The van der Waals surface area contributed by atoms with E-state index in [1.165, 1.54) is 4.31 Å². The highest BCUT2D eigenvalue weighted by molar-refractivity contribution is 7.89. The van der Waals surface area contributed by atoms with Gasteiger partial charge in [-0.05, 0) is 30.7 Å². The first-order chi connectivity index (χ1) is 9.06. The second-order valence-corrected chi connectivity index (χ2v) is 6.04. The fraction of sp³-hybridized carbons (Fsp3) is 0.538. The van der Waals surface area contributed by atoms with E-state index in [0.29, 0.717) is 36.9 Å². The van der Waals surface area contributed by atoms with Crippen LogP contribution < -0.4 is 10.5 Å². The Labute approximate surface area is 115 Å². The fourth-order valence-electron chi connectivity index (χ4n) is 1.73. The average molecular weight is 286 g/mol. The fourth-order valence-corrected chi connectivity index (χ4v) is 3.27. The van der Waals surface area contributed by atoms with E-state index in [0.717, 1.165) is 6.42 Å². The van der Waals surface area contributed by atoms with E-state index in [1.807, 2.05) is 13.8 Å². The molecule has 0 aliphatic carbocycles. The number of ether oxygens (including phenoxy) is 1. The van der Waals surface area contributed by atoms with Gasteiger partial charge in [0, 0.05) is 19.6 Å². The Balaban J connectivity index is 2.89. The van der Waals surface area contributed by atoms with Gasteiger partial charge in [-0.15, -0.1) is 0 Å². The number of hydrogen-bond acceptors (Lipinski definition) is 4. The monoisotopic (exact) mass is 286 g/mol. The molecule has 0 aliphatic rings. The Morgan fingerprint density at radius 2 is 1.84 bits per heavy atom. The van der Waals surface area contributed by atoms with Gasteiger partial charge in [0.25, 0.3) is 0 Å². The van der Waals surface area contributed by atoms with Crippen LogP contribution in [0.1, 0.15) is 20.3 Å². The molecular weight excluding hydrogens is 264 g/mol. The van der Waals surface area contributed by atoms with E-state index in [2.05, 4.69) is 0 Å². The van der Waals surface area contributed by atoms with Crippen molar-refractivity contribution in [1.29, 1.82) is 0 Å². The van der Waals surface area contributed by atoms with Crippen LogP contribution in [-0.2, 0) is 10.0 Å². The molecule has 0 saturated carbocycles. The predicted molar refractivity (Wildman–Crippen MR) is 75.7 cm³/mol. The third-order valence-electron chi connectivity index (χ3n) is 2.67. The van der Waals surface area contributed by atoms with Crippen molar-refractivity contribution in [2.75, 3.05) is 26.2 Å². The molecule has 6 heteroatoms. The van der Waals surface area contributed by atoms with Gasteiger partial charge in [-0.2, -0.15) is 4.31 Å². The molecule has 0 amide bonds. The first-order valence-electron chi connectivity index (χ1n) is 6.49. The molecule has 2 N–H and O–H groups in total. The zero-order chi connectivity index (χ0) is 14.3. The number of hydrogen-bond donors (Lipinski definition) is 1. The van der Waals surface area contributed by atoms with Crippen LogP contribution >= 0.6 is 0 Å². The number of rotatable bonds is 8. The summed E-state index contributed by atoms with van der Waals surface area (Å²) < 4.78 is 31.5. The Bertz CT molecular complexity index is 471. The van der Waals surface area contributed by atoms with Crippen LogP contribution in [0.3, 0.4) is 0 Å². The summed E-state index contributed by atoms with van der Waals surface area (Å²) in [4.78, 5) is 0.294. The molecule has 0 radical (unpaired) electrons. The molecule has 108 valence electrons. The lowest BCUT2D eigenvalue weighted by atomic mass is 10.3. The van der Waals surface area contributed by atoms with E-state index in [-0.39, 0.29) is 0 Å². The molecule has 1 aromatic carbocycles. The predicted octanol–water partition coefficient (Wildman–Crippen LogP) is 1.44. The normalized spacial score (nSPS) is 11.8. The summed E-state index contributed by atoms with van der Waals surface area (Å²) in [6.07, 6.45) is 0.796. The van der Waals surface area contributed by atoms with Crippen LogP contribution in [0, 0.1) is 0 Å². The zero-order valence-corrected chi connectivity index (χ0v) is 12.3. The van der Waals surface area contributed by atoms with Crippen molar-refractivity contribution in [1.82, 2.24) is 4.31 Å². The van der Waals surface area contributed by atoms with Crippen LogP contribution in [0.4, 0.5) is 0 Å².